The van der Waals surface area contributed by atoms with E-state index in [1.807, 2.05) is 0 Å². The Morgan fingerprint density at radius 2 is 1.65 bits per heavy atom. The Kier molecular flexibility index (Phi) is 6.43. The molecule has 0 saturated heterocycles. The van der Waals surface area contributed by atoms with Crippen molar-refractivity contribution < 1.29 is 26.4 Å². The van der Waals surface area contributed by atoms with Gasteiger partial charge in [0.15, 0.2) is 0 Å². The molecule has 2 rings (SSSR count). The van der Waals surface area contributed by atoms with Gasteiger partial charge in [0.25, 0.3) is 0 Å². The van der Waals surface area contributed by atoms with Crippen molar-refractivity contribution in [3.05, 3.63) is 58.6 Å². The first-order chi connectivity index (χ1) is 12.1. The molecule has 0 aliphatic carbocycles. The van der Waals surface area contributed by atoms with Gasteiger partial charge in [0, 0.05) is 17.4 Å². The Labute approximate surface area is 156 Å². The molecule has 0 aliphatic rings. The second kappa shape index (κ2) is 8.19. The van der Waals surface area contributed by atoms with Gasteiger partial charge in [-0.15, -0.1) is 0 Å². The van der Waals surface area contributed by atoms with Gasteiger partial charge in [-0.05, 0) is 36.4 Å². The number of carbonyl (C=O) groups is 1. The van der Waals surface area contributed by atoms with E-state index in [-0.39, 0.29) is 23.5 Å². The van der Waals surface area contributed by atoms with Crippen molar-refractivity contribution in [2.24, 2.45) is 0 Å². The topological polar surface area (TPSA) is 75.3 Å². The Hall–Kier alpha value is -1.91. The van der Waals surface area contributed by atoms with Crippen molar-refractivity contribution in [3.63, 3.8) is 0 Å². The average molecular weight is 451 g/mol. The van der Waals surface area contributed by atoms with Crippen molar-refractivity contribution in [1.82, 2.24) is 4.72 Å². The second-order valence-corrected chi connectivity index (χ2v) is 7.88. The van der Waals surface area contributed by atoms with Crippen molar-refractivity contribution in [2.45, 2.75) is 17.5 Å². The van der Waals surface area contributed by atoms with E-state index >= 15 is 0 Å². The summed E-state index contributed by atoms with van der Waals surface area (Å²) in [5, 5.41) is 2.15. The first kappa shape index (κ1) is 20.4. The van der Waals surface area contributed by atoms with Crippen LogP contribution >= 0.6 is 15.9 Å². The van der Waals surface area contributed by atoms with E-state index < -0.39 is 27.7 Å². The fraction of sp³-hybridized carbons (Fsp3) is 0.188. The molecule has 0 unspecified atom stereocenters. The maximum absolute atomic E-state index is 12.9. The maximum Gasteiger partial charge on any atom is 0.418 e. The summed E-state index contributed by atoms with van der Waals surface area (Å²) >= 11 is 3.19. The van der Waals surface area contributed by atoms with E-state index in [0.717, 1.165) is 12.1 Å². The summed E-state index contributed by atoms with van der Waals surface area (Å²) in [6.07, 6.45) is -4.92. The van der Waals surface area contributed by atoms with Crippen LogP contribution in [0.5, 0.6) is 0 Å². The third-order valence-corrected chi connectivity index (χ3v) is 5.28. The number of carbonyl (C=O) groups excluding carboxylic acids is 1. The lowest BCUT2D eigenvalue weighted by molar-refractivity contribution is -0.137. The lowest BCUT2D eigenvalue weighted by Gasteiger charge is -2.13. The highest BCUT2D eigenvalue weighted by Gasteiger charge is 2.33. The largest absolute Gasteiger partial charge is 0.418 e. The normalized spacial score (nSPS) is 12.0. The second-order valence-electron chi connectivity index (χ2n) is 5.19. The van der Waals surface area contributed by atoms with Crippen LogP contribution in [0.25, 0.3) is 0 Å². The van der Waals surface area contributed by atoms with Crippen molar-refractivity contribution in [1.29, 1.82) is 0 Å². The molecule has 2 N–H and O–H groups in total. The van der Waals surface area contributed by atoms with Crippen molar-refractivity contribution in [2.75, 3.05) is 11.9 Å². The molecule has 0 fully saturated rings. The smallest absolute Gasteiger partial charge is 0.325 e. The van der Waals surface area contributed by atoms with Gasteiger partial charge in [-0.2, -0.15) is 13.2 Å². The molecule has 140 valence electrons. The lowest BCUT2D eigenvalue weighted by atomic mass is 10.1. The molecule has 2 aromatic carbocycles. The van der Waals surface area contributed by atoms with Gasteiger partial charge in [0.2, 0.25) is 15.9 Å². The molecule has 1 amide bonds. The van der Waals surface area contributed by atoms with Crippen LogP contribution < -0.4 is 10.0 Å². The van der Waals surface area contributed by atoms with Crippen LogP contribution in [0.1, 0.15) is 12.0 Å². The van der Waals surface area contributed by atoms with Crippen LogP contribution in [0.3, 0.4) is 0 Å². The highest BCUT2D eigenvalue weighted by molar-refractivity contribution is 9.10. The number of para-hydroxylation sites is 1. The molecule has 5 nitrogen and oxygen atoms in total. The van der Waals surface area contributed by atoms with Crippen LogP contribution in [0.2, 0.25) is 0 Å². The number of rotatable bonds is 6. The van der Waals surface area contributed by atoms with E-state index in [1.165, 1.54) is 24.3 Å². The molecule has 0 bridgehead atoms. The van der Waals surface area contributed by atoms with Gasteiger partial charge in [-0.1, -0.05) is 28.1 Å². The molecular weight excluding hydrogens is 437 g/mol. The third-order valence-electron chi connectivity index (χ3n) is 3.27. The highest BCUT2D eigenvalue weighted by Crippen LogP contribution is 2.34. The molecule has 0 heterocycles. The van der Waals surface area contributed by atoms with Gasteiger partial charge in [0.05, 0.1) is 16.1 Å². The number of nitrogens with one attached hydrogen (secondary N) is 2. The zero-order chi connectivity index (χ0) is 19.4. The number of sulfonamides is 1. The minimum Gasteiger partial charge on any atom is -0.325 e. The monoisotopic (exact) mass is 450 g/mol. The molecule has 2 aromatic rings. The van der Waals surface area contributed by atoms with E-state index in [0.29, 0.717) is 4.47 Å². The first-order valence-electron chi connectivity index (χ1n) is 7.31. The van der Waals surface area contributed by atoms with E-state index in [9.17, 15) is 26.4 Å². The Morgan fingerprint density at radius 3 is 2.27 bits per heavy atom. The summed E-state index contributed by atoms with van der Waals surface area (Å²) in [4.78, 5) is 11.9. The van der Waals surface area contributed by atoms with Crippen LogP contribution in [-0.2, 0) is 21.0 Å². The van der Waals surface area contributed by atoms with Crippen LogP contribution in [-0.4, -0.2) is 20.9 Å². The summed E-state index contributed by atoms with van der Waals surface area (Å²) in [6.45, 7) is -0.252. The zero-order valence-electron chi connectivity index (χ0n) is 13.2. The number of halogens is 4. The molecule has 26 heavy (non-hydrogen) atoms. The predicted octanol–water partition coefficient (Wildman–Crippen LogP) is 3.78. The van der Waals surface area contributed by atoms with Gasteiger partial charge in [0.1, 0.15) is 0 Å². The SMILES string of the molecule is O=C(CCNS(=O)(=O)c1ccc(Br)cc1)Nc1ccccc1C(F)(F)F. The molecule has 0 aliphatic heterocycles. The maximum atomic E-state index is 12.9. The summed E-state index contributed by atoms with van der Waals surface area (Å²) in [6, 6.07) is 10.4. The Bertz CT molecular complexity index is 884. The summed E-state index contributed by atoms with van der Waals surface area (Å²) in [5.41, 5.74) is -1.34. The minimum atomic E-state index is -4.60. The van der Waals surface area contributed by atoms with E-state index in [2.05, 4.69) is 26.0 Å². The standard InChI is InChI=1S/C16H14BrF3N2O3S/c17-11-5-7-12(8-6-11)26(24,25)21-10-9-15(23)22-14-4-2-1-3-13(14)16(18,19)20/h1-8,21H,9-10H2,(H,22,23). The fourth-order valence-corrected chi connectivity index (χ4v) is 3.34. The van der Waals surface area contributed by atoms with Gasteiger partial charge in [-0.3, -0.25) is 4.79 Å². The number of hydrogen-bond acceptors (Lipinski definition) is 3. The Balaban J connectivity index is 1.95. The number of benzene rings is 2. The highest BCUT2D eigenvalue weighted by atomic mass is 79.9. The third kappa shape index (κ3) is 5.55. The fourth-order valence-electron chi connectivity index (χ4n) is 2.05. The van der Waals surface area contributed by atoms with Gasteiger partial charge >= 0.3 is 6.18 Å². The molecule has 0 spiro atoms. The molecule has 0 saturated carbocycles. The van der Waals surface area contributed by atoms with Crippen molar-refractivity contribution in [3.8, 4) is 0 Å². The van der Waals surface area contributed by atoms with E-state index in [1.54, 1.807) is 12.1 Å². The molecular formula is C16H14BrF3N2O3S. The summed E-state index contributed by atoms with van der Waals surface area (Å²) < 4.78 is 65.7. The molecule has 0 radical (unpaired) electrons. The number of hydrogen-bond donors (Lipinski definition) is 2. The lowest BCUT2D eigenvalue weighted by Crippen LogP contribution is -2.28. The quantitative estimate of drug-likeness (QED) is 0.702. The molecule has 0 atom stereocenters. The van der Waals surface area contributed by atoms with Crippen LogP contribution in [0.15, 0.2) is 57.9 Å². The van der Waals surface area contributed by atoms with Crippen LogP contribution in [0, 0.1) is 0 Å². The first-order valence-corrected chi connectivity index (χ1v) is 9.58. The average Bonchev–Trinajstić information content (AvgIpc) is 2.54. The zero-order valence-corrected chi connectivity index (χ0v) is 15.6. The number of amides is 1. The van der Waals surface area contributed by atoms with E-state index in [4.69, 9.17) is 0 Å². The van der Waals surface area contributed by atoms with Gasteiger partial charge < -0.3 is 5.32 Å². The van der Waals surface area contributed by atoms with Crippen molar-refractivity contribution >= 4 is 37.5 Å². The number of anilines is 1. The molecule has 10 heteroatoms. The molecule has 0 aromatic heterocycles. The van der Waals surface area contributed by atoms with Gasteiger partial charge in [-0.25, -0.2) is 13.1 Å². The summed E-state index contributed by atoms with van der Waals surface area (Å²) in [7, 11) is -3.81. The predicted molar refractivity (Wildman–Crippen MR) is 94.0 cm³/mol. The van der Waals surface area contributed by atoms with Crippen LogP contribution in [0.4, 0.5) is 18.9 Å². The minimum absolute atomic E-state index is 0.0172. The summed E-state index contributed by atoms with van der Waals surface area (Å²) in [5.74, 6) is -0.736. The Morgan fingerprint density at radius 1 is 1.04 bits per heavy atom. The number of alkyl halides is 3.